The first kappa shape index (κ1) is 27.1. The van der Waals surface area contributed by atoms with Crippen molar-refractivity contribution in [2.24, 2.45) is 0 Å². The fourth-order valence-electron chi connectivity index (χ4n) is 5.14. The first-order valence-corrected chi connectivity index (χ1v) is 14.0. The standard InChI is InChI=1S/C29H29N3O7S/c1-5-26(33)32-14-13-18(17-32)20-9-6-7-10-21(20)19-15-24(38-4)27-25(16-19)39-30-29(27)31-40(34,35)28-22(36-2)11-8-12-23(28)37-3/h5-12,15-16,18H,1,13-14,17H2,2-4H3,(H,30,31). The van der Waals surface area contributed by atoms with Crippen molar-refractivity contribution in [1.29, 1.82) is 0 Å². The van der Waals surface area contributed by atoms with E-state index in [2.05, 4.69) is 22.5 Å². The SMILES string of the molecule is C=CC(=O)N1CCC(c2ccccc2-c2cc(OC)c3c(NS(=O)(=O)c4c(OC)cccc4OC)noc3c2)C1. The summed E-state index contributed by atoms with van der Waals surface area (Å²) in [7, 11) is 0.0519. The zero-order valence-corrected chi connectivity index (χ0v) is 23.2. The highest BCUT2D eigenvalue weighted by Gasteiger charge is 2.30. The summed E-state index contributed by atoms with van der Waals surface area (Å²) in [5.74, 6) is 0.647. The second-order valence-electron chi connectivity index (χ2n) is 9.24. The van der Waals surface area contributed by atoms with Crippen LogP contribution in [0, 0.1) is 0 Å². The lowest BCUT2D eigenvalue weighted by Crippen LogP contribution is -2.26. The van der Waals surface area contributed by atoms with Gasteiger partial charge in [-0.1, -0.05) is 42.1 Å². The minimum absolute atomic E-state index is 0.0333. The molecule has 0 bridgehead atoms. The number of methoxy groups -OCH3 is 3. The molecule has 1 unspecified atom stereocenters. The molecule has 40 heavy (non-hydrogen) atoms. The molecule has 5 rings (SSSR count). The lowest BCUT2D eigenvalue weighted by Gasteiger charge is -2.18. The molecule has 1 aliphatic heterocycles. The van der Waals surface area contributed by atoms with Crippen LogP contribution >= 0.6 is 0 Å². The van der Waals surface area contributed by atoms with Crippen molar-refractivity contribution in [2.45, 2.75) is 17.2 Å². The van der Waals surface area contributed by atoms with Gasteiger partial charge in [0.25, 0.3) is 10.0 Å². The molecular weight excluding hydrogens is 534 g/mol. The van der Waals surface area contributed by atoms with Gasteiger partial charge in [-0.05, 0) is 53.5 Å². The monoisotopic (exact) mass is 563 g/mol. The smallest absolute Gasteiger partial charge is 0.270 e. The quantitative estimate of drug-likeness (QED) is 0.288. The van der Waals surface area contributed by atoms with Crippen LogP contribution in [-0.2, 0) is 14.8 Å². The van der Waals surface area contributed by atoms with E-state index in [9.17, 15) is 13.2 Å². The van der Waals surface area contributed by atoms with Crippen LogP contribution in [0.5, 0.6) is 17.2 Å². The molecule has 0 aliphatic carbocycles. The van der Waals surface area contributed by atoms with Gasteiger partial charge >= 0.3 is 0 Å². The van der Waals surface area contributed by atoms with Crippen molar-refractivity contribution in [1.82, 2.24) is 10.1 Å². The Morgan fingerprint density at radius 1 is 1.05 bits per heavy atom. The summed E-state index contributed by atoms with van der Waals surface area (Å²) in [5, 5.41) is 4.38. The first-order valence-electron chi connectivity index (χ1n) is 12.5. The highest BCUT2D eigenvalue weighted by Crippen LogP contribution is 2.42. The lowest BCUT2D eigenvalue weighted by molar-refractivity contribution is -0.125. The van der Waals surface area contributed by atoms with Crippen LogP contribution in [0.3, 0.4) is 0 Å². The van der Waals surface area contributed by atoms with E-state index in [-0.39, 0.29) is 34.0 Å². The molecule has 1 fully saturated rings. The van der Waals surface area contributed by atoms with Crippen LogP contribution in [0.15, 0.2) is 76.7 Å². The fraction of sp³-hybridized carbons (Fsp3) is 0.241. The summed E-state index contributed by atoms with van der Waals surface area (Å²) in [6.45, 7) is 4.86. The highest BCUT2D eigenvalue weighted by atomic mass is 32.2. The van der Waals surface area contributed by atoms with Crippen molar-refractivity contribution < 1.29 is 31.9 Å². The molecule has 1 aliphatic rings. The number of anilines is 1. The molecule has 0 saturated carbocycles. The molecule has 1 saturated heterocycles. The Morgan fingerprint density at radius 2 is 1.75 bits per heavy atom. The Hall–Kier alpha value is -4.51. The van der Waals surface area contributed by atoms with E-state index in [0.29, 0.717) is 29.8 Å². The number of sulfonamides is 1. The van der Waals surface area contributed by atoms with Gasteiger partial charge in [-0.2, -0.15) is 0 Å². The average molecular weight is 564 g/mol. The van der Waals surface area contributed by atoms with Crippen LogP contribution < -0.4 is 18.9 Å². The van der Waals surface area contributed by atoms with E-state index >= 15 is 0 Å². The highest BCUT2D eigenvalue weighted by molar-refractivity contribution is 7.93. The number of nitrogens with one attached hydrogen (secondary N) is 1. The van der Waals surface area contributed by atoms with Gasteiger partial charge in [0.15, 0.2) is 16.3 Å². The lowest BCUT2D eigenvalue weighted by atomic mass is 9.89. The zero-order valence-electron chi connectivity index (χ0n) is 22.3. The number of fused-ring (bicyclic) bond motifs is 1. The average Bonchev–Trinajstić information content (AvgIpc) is 3.63. The van der Waals surface area contributed by atoms with Crippen molar-refractivity contribution >= 4 is 32.7 Å². The summed E-state index contributed by atoms with van der Waals surface area (Å²) in [4.78, 5) is 13.8. The molecule has 1 N–H and O–H groups in total. The minimum atomic E-state index is -4.20. The minimum Gasteiger partial charge on any atom is -0.496 e. The number of aromatic nitrogens is 1. The van der Waals surface area contributed by atoms with Gasteiger partial charge in [0, 0.05) is 19.0 Å². The van der Waals surface area contributed by atoms with E-state index in [1.54, 1.807) is 17.0 Å². The second-order valence-corrected chi connectivity index (χ2v) is 10.9. The second kappa shape index (κ2) is 10.9. The number of benzene rings is 3. The Labute approximate surface area is 232 Å². The molecule has 0 spiro atoms. The Kier molecular flexibility index (Phi) is 7.40. The molecule has 1 amide bonds. The van der Waals surface area contributed by atoms with Crippen molar-refractivity contribution in [3.63, 3.8) is 0 Å². The Morgan fingerprint density at radius 3 is 2.42 bits per heavy atom. The van der Waals surface area contributed by atoms with Crippen molar-refractivity contribution in [3.8, 4) is 28.4 Å². The third kappa shape index (κ3) is 4.84. The molecule has 208 valence electrons. The zero-order chi connectivity index (χ0) is 28.4. The van der Waals surface area contributed by atoms with E-state index in [1.807, 2.05) is 24.3 Å². The van der Waals surface area contributed by atoms with Crippen molar-refractivity contribution in [3.05, 3.63) is 72.8 Å². The summed E-state index contributed by atoms with van der Waals surface area (Å²) < 4.78 is 51.2. The maximum Gasteiger partial charge on any atom is 0.270 e. The number of carbonyl (C=O) groups is 1. The summed E-state index contributed by atoms with van der Waals surface area (Å²) in [6, 6.07) is 16.3. The van der Waals surface area contributed by atoms with Gasteiger partial charge in [0.05, 0.1) is 21.3 Å². The number of amides is 1. The maximum absolute atomic E-state index is 13.5. The van der Waals surface area contributed by atoms with Crippen LogP contribution in [0.4, 0.5) is 5.82 Å². The molecule has 11 heteroatoms. The van der Waals surface area contributed by atoms with E-state index in [4.69, 9.17) is 18.7 Å². The van der Waals surface area contributed by atoms with Crippen LogP contribution in [0.2, 0.25) is 0 Å². The molecular formula is C29H29N3O7S. The molecule has 1 aromatic heterocycles. The molecule has 3 aromatic carbocycles. The molecule has 10 nitrogen and oxygen atoms in total. The maximum atomic E-state index is 13.5. The number of likely N-dealkylation sites (tertiary alicyclic amines) is 1. The predicted octanol–water partition coefficient (Wildman–Crippen LogP) is 4.82. The van der Waals surface area contributed by atoms with Crippen LogP contribution in [0.25, 0.3) is 22.1 Å². The number of carbonyl (C=O) groups excluding carboxylic acids is 1. The van der Waals surface area contributed by atoms with Gasteiger partial charge in [-0.15, -0.1) is 0 Å². The van der Waals surface area contributed by atoms with Gasteiger partial charge in [-0.25, -0.2) is 8.42 Å². The number of hydrogen-bond acceptors (Lipinski definition) is 8. The third-order valence-corrected chi connectivity index (χ3v) is 8.43. The number of hydrogen-bond donors (Lipinski definition) is 1. The topological polar surface area (TPSA) is 120 Å². The molecule has 1 atom stereocenters. The Balaban J connectivity index is 1.54. The predicted molar refractivity (Wildman–Crippen MR) is 150 cm³/mol. The largest absolute Gasteiger partial charge is 0.496 e. The summed E-state index contributed by atoms with van der Waals surface area (Å²) in [5.41, 5.74) is 3.19. The molecule has 2 heterocycles. The molecule has 4 aromatic rings. The number of rotatable bonds is 9. The normalized spacial score (nSPS) is 15.2. The summed E-state index contributed by atoms with van der Waals surface area (Å²) in [6.07, 6.45) is 2.17. The van der Waals surface area contributed by atoms with Gasteiger partial charge in [0.2, 0.25) is 5.91 Å². The fourth-order valence-corrected chi connectivity index (χ4v) is 6.47. The number of nitrogens with zero attached hydrogens (tertiary/aromatic N) is 2. The van der Waals surface area contributed by atoms with Gasteiger partial charge in [-0.3, -0.25) is 9.52 Å². The van der Waals surface area contributed by atoms with E-state index in [1.165, 1.54) is 39.5 Å². The van der Waals surface area contributed by atoms with Crippen LogP contribution in [0.1, 0.15) is 17.9 Å². The summed E-state index contributed by atoms with van der Waals surface area (Å²) >= 11 is 0. The van der Waals surface area contributed by atoms with E-state index < -0.39 is 10.0 Å². The Bertz CT molecular complexity index is 1680. The first-order chi connectivity index (χ1) is 19.3. The van der Waals surface area contributed by atoms with E-state index in [0.717, 1.165) is 23.1 Å². The van der Waals surface area contributed by atoms with Gasteiger partial charge < -0.3 is 23.6 Å². The van der Waals surface area contributed by atoms with Crippen molar-refractivity contribution in [2.75, 3.05) is 39.1 Å². The number of ether oxygens (including phenoxy) is 3. The van der Waals surface area contributed by atoms with Gasteiger partial charge in [0.1, 0.15) is 22.6 Å². The third-order valence-electron chi connectivity index (χ3n) is 7.03. The molecule has 0 radical (unpaired) electrons. The van der Waals surface area contributed by atoms with Crippen LogP contribution in [-0.4, -0.2) is 58.8 Å².